The van der Waals surface area contributed by atoms with Crippen molar-refractivity contribution in [3.63, 3.8) is 0 Å². The lowest BCUT2D eigenvalue weighted by Gasteiger charge is -2.23. The van der Waals surface area contributed by atoms with Crippen LogP contribution in [0.5, 0.6) is 0 Å². The highest BCUT2D eigenvalue weighted by molar-refractivity contribution is 6.01. The van der Waals surface area contributed by atoms with Crippen molar-refractivity contribution < 1.29 is 19.1 Å². The van der Waals surface area contributed by atoms with Gasteiger partial charge in [0.25, 0.3) is 5.91 Å². The summed E-state index contributed by atoms with van der Waals surface area (Å²) in [4.78, 5) is 38.6. The third-order valence-corrected chi connectivity index (χ3v) is 4.60. The van der Waals surface area contributed by atoms with E-state index in [1.165, 1.54) is 0 Å². The molecule has 0 spiro atoms. The summed E-state index contributed by atoms with van der Waals surface area (Å²) in [5.74, 6) is -1.27. The standard InChI is InChI=1S/C25H24N2O4/c1-19-10-8-9-15-22(19)26-23(28)18-31-25(30)17-16-24(29)27(20-11-4-2-5-12-20)21-13-6-3-7-14-21/h2-15H,16-18H2,1H3,(H,26,28). The molecule has 0 heterocycles. The van der Waals surface area contributed by atoms with Gasteiger partial charge in [0.2, 0.25) is 5.91 Å². The van der Waals surface area contributed by atoms with Gasteiger partial charge in [-0.05, 0) is 42.8 Å². The summed E-state index contributed by atoms with van der Waals surface area (Å²) in [7, 11) is 0. The van der Waals surface area contributed by atoms with Crippen molar-refractivity contribution in [2.24, 2.45) is 0 Å². The Balaban J connectivity index is 1.54. The number of ether oxygens (including phenoxy) is 1. The number of rotatable bonds is 8. The van der Waals surface area contributed by atoms with E-state index in [1.807, 2.05) is 85.8 Å². The summed E-state index contributed by atoms with van der Waals surface area (Å²) in [6, 6.07) is 25.8. The second kappa shape index (κ2) is 10.7. The highest BCUT2D eigenvalue weighted by Gasteiger charge is 2.19. The average molecular weight is 416 g/mol. The van der Waals surface area contributed by atoms with Gasteiger partial charge in [-0.2, -0.15) is 0 Å². The Kier molecular flexibility index (Phi) is 7.54. The van der Waals surface area contributed by atoms with Gasteiger partial charge in [0.05, 0.1) is 6.42 Å². The van der Waals surface area contributed by atoms with Crippen molar-refractivity contribution in [3.05, 3.63) is 90.5 Å². The Labute approximate surface area is 181 Å². The molecule has 1 N–H and O–H groups in total. The summed E-state index contributed by atoms with van der Waals surface area (Å²) < 4.78 is 5.04. The van der Waals surface area contributed by atoms with Gasteiger partial charge in [-0.25, -0.2) is 0 Å². The SMILES string of the molecule is Cc1ccccc1NC(=O)COC(=O)CCC(=O)N(c1ccccc1)c1ccccc1. The molecule has 6 heteroatoms. The molecule has 0 aliphatic carbocycles. The molecular formula is C25H24N2O4. The fraction of sp³-hybridized carbons (Fsp3) is 0.160. The smallest absolute Gasteiger partial charge is 0.306 e. The molecule has 0 aromatic heterocycles. The van der Waals surface area contributed by atoms with Crippen LogP contribution < -0.4 is 10.2 Å². The van der Waals surface area contributed by atoms with Crippen LogP contribution in [0, 0.1) is 6.92 Å². The van der Waals surface area contributed by atoms with Gasteiger partial charge in [0.1, 0.15) is 0 Å². The highest BCUT2D eigenvalue weighted by atomic mass is 16.5. The number of anilines is 3. The Morgan fingerprint density at radius 1 is 0.774 bits per heavy atom. The lowest BCUT2D eigenvalue weighted by molar-refractivity contribution is -0.148. The molecule has 0 saturated heterocycles. The predicted molar refractivity (Wildman–Crippen MR) is 120 cm³/mol. The first kappa shape index (κ1) is 21.8. The number of para-hydroxylation sites is 3. The molecule has 0 radical (unpaired) electrons. The van der Waals surface area contributed by atoms with Crippen LogP contribution in [0.2, 0.25) is 0 Å². The summed E-state index contributed by atoms with van der Waals surface area (Å²) in [6.45, 7) is 1.47. The van der Waals surface area contributed by atoms with Crippen molar-refractivity contribution >= 4 is 34.8 Å². The van der Waals surface area contributed by atoms with Crippen molar-refractivity contribution in [1.29, 1.82) is 0 Å². The van der Waals surface area contributed by atoms with Crippen LogP contribution in [-0.4, -0.2) is 24.4 Å². The zero-order chi connectivity index (χ0) is 22.1. The minimum absolute atomic E-state index is 0.0396. The second-order valence-corrected chi connectivity index (χ2v) is 6.92. The van der Waals surface area contributed by atoms with E-state index in [0.717, 1.165) is 5.56 Å². The number of esters is 1. The molecule has 0 saturated carbocycles. The van der Waals surface area contributed by atoms with E-state index in [-0.39, 0.29) is 18.7 Å². The number of aryl methyl sites for hydroxylation is 1. The fourth-order valence-electron chi connectivity index (χ4n) is 3.03. The molecule has 0 atom stereocenters. The Morgan fingerprint density at radius 3 is 1.90 bits per heavy atom. The van der Waals surface area contributed by atoms with Gasteiger partial charge in [-0.1, -0.05) is 54.6 Å². The van der Waals surface area contributed by atoms with E-state index in [2.05, 4.69) is 5.32 Å². The maximum absolute atomic E-state index is 12.9. The maximum Gasteiger partial charge on any atom is 0.306 e. The highest BCUT2D eigenvalue weighted by Crippen LogP contribution is 2.26. The van der Waals surface area contributed by atoms with Crippen molar-refractivity contribution in [2.45, 2.75) is 19.8 Å². The van der Waals surface area contributed by atoms with Crippen LogP contribution >= 0.6 is 0 Å². The number of nitrogens with one attached hydrogen (secondary N) is 1. The quantitative estimate of drug-likeness (QED) is 0.544. The van der Waals surface area contributed by atoms with Gasteiger partial charge in [-0.15, -0.1) is 0 Å². The topological polar surface area (TPSA) is 75.7 Å². The summed E-state index contributed by atoms with van der Waals surface area (Å²) >= 11 is 0. The zero-order valence-electron chi connectivity index (χ0n) is 17.3. The van der Waals surface area contributed by atoms with E-state index >= 15 is 0 Å². The Morgan fingerprint density at radius 2 is 1.32 bits per heavy atom. The Bertz CT molecular complexity index is 996. The molecule has 3 rings (SSSR count). The number of nitrogens with zero attached hydrogens (tertiary/aromatic N) is 1. The van der Waals surface area contributed by atoms with E-state index in [4.69, 9.17) is 4.74 Å². The van der Waals surface area contributed by atoms with Crippen molar-refractivity contribution in [2.75, 3.05) is 16.8 Å². The molecule has 0 aliphatic rings. The number of hydrogen-bond donors (Lipinski definition) is 1. The first-order valence-corrected chi connectivity index (χ1v) is 9.99. The number of hydrogen-bond acceptors (Lipinski definition) is 4. The normalized spacial score (nSPS) is 10.2. The minimum atomic E-state index is -0.602. The lowest BCUT2D eigenvalue weighted by Crippen LogP contribution is -2.27. The van der Waals surface area contributed by atoms with Crippen LogP contribution in [-0.2, 0) is 19.1 Å². The van der Waals surface area contributed by atoms with Crippen molar-refractivity contribution in [1.82, 2.24) is 0 Å². The molecule has 3 aromatic rings. The fourth-order valence-corrected chi connectivity index (χ4v) is 3.03. The molecular weight excluding hydrogens is 392 g/mol. The number of carbonyl (C=O) groups excluding carboxylic acids is 3. The molecule has 158 valence electrons. The first-order valence-electron chi connectivity index (χ1n) is 9.99. The third-order valence-electron chi connectivity index (χ3n) is 4.60. The number of carbonyl (C=O) groups is 3. The maximum atomic E-state index is 12.9. The van der Waals surface area contributed by atoms with E-state index in [0.29, 0.717) is 17.1 Å². The summed E-state index contributed by atoms with van der Waals surface area (Å²) in [5.41, 5.74) is 3.00. The predicted octanol–water partition coefficient (Wildman–Crippen LogP) is 4.62. The molecule has 0 fully saturated rings. The molecule has 0 bridgehead atoms. The number of amides is 2. The zero-order valence-corrected chi connectivity index (χ0v) is 17.3. The molecule has 0 aliphatic heterocycles. The van der Waals surface area contributed by atoms with Crippen LogP contribution in [0.15, 0.2) is 84.9 Å². The third kappa shape index (κ3) is 6.27. The second-order valence-electron chi connectivity index (χ2n) is 6.92. The van der Waals surface area contributed by atoms with Crippen LogP contribution in [0.4, 0.5) is 17.1 Å². The van der Waals surface area contributed by atoms with Gasteiger partial charge in [0, 0.05) is 23.5 Å². The summed E-state index contributed by atoms with van der Waals surface area (Å²) in [6.07, 6.45) is -0.158. The van der Waals surface area contributed by atoms with Crippen LogP contribution in [0.1, 0.15) is 18.4 Å². The molecule has 2 amide bonds. The van der Waals surface area contributed by atoms with Crippen LogP contribution in [0.25, 0.3) is 0 Å². The molecule has 0 unspecified atom stereocenters. The molecule has 31 heavy (non-hydrogen) atoms. The average Bonchev–Trinajstić information content (AvgIpc) is 2.79. The van der Waals surface area contributed by atoms with E-state index in [1.54, 1.807) is 11.0 Å². The minimum Gasteiger partial charge on any atom is -0.456 e. The Hall–Kier alpha value is -3.93. The van der Waals surface area contributed by atoms with Gasteiger partial charge in [-0.3, -0.25) is 19.3 Å². The monoisotopic (exact) mass is 416 g/mol. The van der Waals surface area contributed by atoms with Gasteiger partial charge >= 0.3 is 5.97 Å². The lowest BCUT2D eigenvalue weighted by atomic mass is 10.2. The van der Waals surface area contributed by atoms with Gasteiger partial charge in [0.15, 0.2) is 6.61 Å². The number of benzene rings is 3. The van der Waals surface area contributed by atoms with Gasteiger partial charge < -0.3 is 10.1 Å². The first-order chi connectivity index (χ1) is 15.0. The molecule has 3 aromatic carbocycles. The largest absolute Gasteiger partial charge is 0.456 e. The van der Waals surface area contributed by atoms with Crippen molar-refractivity contribution in [3.8, 4) is 0 Å². The van der Waals surface area contributed by atoms with E-state index < -0.39 is 18.5 Å². The van der Waals surface area contributed by atoms with Crippen LogP contribution in [0.3, 0.4) is 0 Å². The summed E-state index contributed by atoms with van der Waals surface area (Å²) in [5, 5.41) is 2.70. The van der Waals surface area contributed by atoms with E-state index in [9.17, 15) is 14.4 Å². The molecule has 6 nitrogen and oxygen atoms in total.